The topological polar surface area (TPSA) is 41.9 Å². The van der Waals surface area contributed by atoms with Gasteiger partial charge in [0.2, 0.25) is 0 Å². The van der Waals surface area contributed by atoms with Gasteiger partial charge in [0.25, 0.3) is 0 Å². The Bertz CT molecular complexity index is 586. The Morgan fingerprint density at radius 2 is 2.27 bits per heavy atom. The highest BCUT2D eigenvalue weighted by Crippen LogP contribution is 2.31. The Kier molecular flexibility index (Phi) is 5.51. The fourth-order valence-corrected chi connectivity index (χ4v) is 3.95. The molecule has 0 bridgehead atoms. The summed E-state index contributed by atoms with van der Waals surface area (Å²) in [6.07, 6.45) is 1.18. The summed E-state index contributed by atoms with van der Waals surface area (Å²) >= 11 is 1.81. The fourth-order valence-electron chi connectivity index (χ4n) is 2.57. The lowest BCUT2D eigenvalue weighted by atomic mass is 10.0. The Morgan fingerprint density at radius 1 is 1.55 bits per heavy atom. The third kappa shape index (κ3) is 3.46. The molecule has 2 atom stereocenters. The molecule has 2 rings (SSSR count). The number of hydrogen-bond donors (Lipinski definition) is 0. The second kappa shape index (κ2) is 7.18. The van der Waals surface area contributed by atoms with E-state index < -0.39 is 0 Å². The Balaban J connectivity index is 2.21. The molecule has 0 aliphatic carbocycles. The number of nitrogens with zero attached hydrogens (tertiary/aromatic N) is 2. The van der Waals surface area contributed by atoms with Gasteiger partial charge in [0, 0.05) is 18.8 Å². The van der Waals surface area contributed by atoms with Crippen LogP contribution in [0.5, 0.6) is 0 Å². The van der Waals surface area contributed by atoms with Crippen LogP contribution in [0.3, 0.4) is 0 Å². The summed E-state index contributed by atoms with van der Waals surface area (Å²) in [6.45, 7) is 6.49. The number of hydrogen-bond acceptors (Lipinski definition) is 4. The zero-order valence-electron chi connectivity index (χ0n) is 13.9. The van der Waals surface area contributed by atoms with E-state index in [1.165, 1.54) is 13.5 Å². The Morgan fingerprint density at radius 3 is 2.86 bits per heavy atom. The van der Waals surface area contributed by atoms with E-state index in [1.807, 2.05) is 19.1 Å². The summed E-state index contributed by atoms with van der Waals surface area (Å²) < 4.78 is 4.75. The molecule has 0 amide bonds. The van der Waals surface area contributed by atoms with E-state index >= 15 is 0 Å². The van der Waals surface area contributed by atoms with Crippen LogP contribution in [0.15, 0.2) is 23.2 Å². The molecule has 22 heavy (non-hydrogen) atoms. The first-order valence-corrected chi connectivity index (χ1v) is 8.59. The number of aryl methyl sites for hydroxylation is 1. The van der Waals surface area contributed by atoms with Gasteiger partial charge in [-0.1, -0.05) is 32.0 Å². The molecular formula is C17H24N2O2S. The largest absolute Gasteiger partial charge is 0.465 e. The van der Waals surface area contributed by atoms with Gasteiger partial charge in [0.05, 0.1) is 18.4 Å². The van der Waals surface area contributed by atoms with Crippen LogP contribution in [-0.4, -0.2) is 42.0 Å². The molecule has 1 fully saturated rings. The van der Waals surface area contributed by atoms with Crippen LogP contribution in [0.1, 0.15) is 36.2 Å². The highest BCUT2D eigenvalue weighted by Gasteiger charge is 2.30. The first kappa shape index (κ1) is 16.9. The lowest BCUT2D eigenvalue weighted by molar-refractivity contribution is 0.0600. The molecule has 1 heterocycles. The Hall–Kier alpha value is -1.49. The number of carbonyl (C=O) groups excluding carboxylic acids is 1. The molecule has 1 aliphatic rings. The summed E-state index contributed by atoms with van der Waals surface area (Å²) in [6, 6.07) is 6.03. The molecule has 120 valence electrons. The van der Waals surface area contributed by atoms with Crippen molar-refractivity contribution in [3.63, 3.8) is 0 Å². The average Bonchev–Trinajstić information content (AvgIpc) is 2.88. The summed E-state index contributed by atoms with van der Waals surface area (Å²) in [5.74, 6) is 1.43. The van der Waals surface area contributed by atoms with Gasteiger partial charge in [-0.15, -0.1) is 0 Å². The molecule has 1 aromatic rings. The number of aliphatic imine (C=N–C) groups is 1. The van der Waals surface area contributed by atoms with Crippen molar-refractivity contribution in [3.05, 3.63) is 29.3 Å². The fraction of sp³-hybridized carbons (Fsp3) is 0.529. The van der Waals surface area contributed by atoms with E-state index in [9.17, 15) is 4.79 Å². The highest BCUT2D eigenvalue weighted by molar-refractivity contribution is 8.14. The van der Waals surface area contributed by atoms with E-state index in [0.29, 0.717) is 17.5 Å². The van der Waals surface area contributed by atoms with Crippen LogP contribution < -0.4 is 0 Å². The number of ether oxygens (including phenoxy) is 1. The summed E-state index contributed by atoms with van der Waals surface area (Å²) in [5, 5.41) is 1.05. The van der Waals surface area contributed by atoms with Gasteiger partial charge in [0.1, 0.15) is 0 Å². The maximum atomic E-state index is 11.6. The van der Waals surface area contributed by atoms with E-state index in [4.69, 9.17) is 9.73 Å². The van der Waals surface area contributed by atoms with Crippen molar-refractivity contribution in [2.45, 2.75) is 33.2 Å². The van der Waals surface area contributed by atoms with E-state index in [1.54, 1.807) is 17.8 Å². The SMILES string of the molecule is CCC(C)[C@H]1CSC(=Nc2ccc(C(=O)OC)cc2C)N1C. The van der Waals surface area contributed by atoms with Crippen LogP contribution in [0.2, 0.25) is 0 Å². The minimum atomic E-state index is -0.313. The predicted octanol–water partition coefficient (Wildman–Crippen LogP) is 3.86. The first-order valence-electron chi connectivity index (χ1n) is 7.61. The molecule has 1 saturated heterocycles. The van der Waals surface area contributed by atoms with Gasteiger partial charge in [-0.3, -0.25) is 0 Å². The maximum absolute atomic E-state index is 11.6. The minimum absolute atomic E-state index is 0.313. The molecule has 0 spiro atoms. The third-order valence-electron chi connectivity index (χ3n) is 4.32. The van der Waals surface area contributed by atoms with Crippen LogP contribution in [-0.2, 0) is 4.74 Å². The lowest BCUT2D eigenvalue weighted by Crippen LogP contribution is -2.34. The van der Waals surface area contributed by atoms with Crippen molar-refractivity contribution in [2.24, 2.45) is 10.9 Å². The van der Waals surface area contributed by atoms with Crippen molar-refractivity contribution in [1.29, 1.82) is 0 Å². The highest BCUT2D eigenvalue weighted by atomic mass is 32.2. The standard InChI is InChI=1S/C17H24N2O2S/c1-6-11(2)15-10-22-17(19(15)4)18-14-8-7-13(9-12(14)3)16(20)21-5/h7-9,11,15H,6,10H2,1-5H3/t11?,15-/m1/s1. The van der Waals surface area contributed by atoms with Gasteiger partial charge < -0.3 is 9.64 Å². The molecule has 1 unspecified atom stereocenters. The Labute approximate surface area is 136 Å². The van der Waals surface area contributed by atoms with Crippen molar-refractivity contribution < 1.29 is 9.53 Å². The second-order valence-electron chi connectivity index (χ2n) is 5.76. The molecule has 1 aliphatic heterocycles. The molecule has 0 saturated carbocycles. The van der Waals surface area contributed by atoms with Crippen LogP contribution in [0, 0.1) is 12.8 Å². The number of benzene rings is 1. The van der Waals surface area contributed by atoms with Crippen LogP contribution in [0.25, 0.3) is 0 Å². The number of esters is 1. The van der Waals surface area contributed by atoms with E-state index in [2.05, 4.69) is 25.8 Å². The smallest absolute Gasteiger partial charge is 0.337 e. The molecule has 4 nitrogen and oxygen atoms in total. The normalized spacial score (nSPS) is 21.2. The van der Waals surface area contributed by atoms with Crippen molar-refractivity contribution >= 4 is 28.6 Å². The molecule has 0 radical (unpaired) electrons. The zero-order valence-corrected chi connectivity index (χ0v) is 14.7. The van der Waals surface area contributed by atoms with Crippen LogP contribution >= 0.6 is 11.8 Å². The molecule has 5 heteroatoms. The molecule has 1 aromatic carbocycles. The average molecular weight is 320 g/mol. The van der Waals surface area contributed by atoms with E-state index in [0.717, 1.165) is 22.2 Å². The van der Waals surface area contributed by atoms with Gasteiger partial charge in [-0.25, -0.2) is 9.79 Å². The van der Waals surface area contributed by atoms with Crippen molar-refractivity contribution in [3.8, 4) is 0 Å². The number of methoxy groups -OCH3 is 1. The maximum Gasteiger partial charge on any atom is 0.337 e. The third-order valence-corrected chi connectivity index (χ3v) is 5.46. The van der Waals surface area contributed by atoms with Crippen molar-refractivity contribution in [1.82, 2.24) is 4.90 Å². The monoisotopic (exact) mass is 320 g/mol. The number of amidine groups is 1. The second-order valence-corrected chi connectivity index (χ2v) is 6.75. The van der Waals surface area contributed by atoms with Gasteiger partial charge in [-0.2, -0.15) is 0 Å². The van der Waals surface area contributed by atoms with E-state index in [-0.39, 0.29) is 5.97 Å². The van der Waals surface area contributed by atoms with Crippen LogP contribution in [0.4, 0.5) is 5.69 Å². The van der Waals surface area contributed by atoms with Gasteiger partial charge in [-0.05, 0) is 36.6 Å². The number of rotatable bonds is 4. The minimum Gasteiger partial charge on any atom is -0.465 e. The predicted molar refractivity (Wildman–Crippen MR) is 93.1 cm³/mol. The van der Waals surface area contributed by atoms with Gasteiger partial charge in [0.15, 0.2) is 5.17 Å². The number of carbonyl (C=O) groups is 1. The summed E-state index contributed by atoms with van der Waals surface area (Å²) in [7, 11) is 3.51. The van der Waals surface area contributed by atoms with Crippen molar-refractivity contribution in [2.75, 3.05) is 19.9 Å². The quantitative estimate of drug-likeness (QED) is 0.790. The summed E-state index contributed by atoms with van der Waals surface area (Å²) in [5.41, 5.74) is 2.46. The molecule has 0 aromatic heterocycles. The summed E-state index contributed by atoms with van der Waals surface area (Å²) in [4.78, 5) is 18.6. The molecular weight excluding hydrogens is 296 g/mol. The first-order chi connectivity index (χ1) is 10.5. The zero-order chi connectivity index (χ0) is 16.3. The molecule has 0 N–H and O–H groups in total. The lowest BCUT2D eigenvalue weighted by Gasteiger charge is -2.25. The number of thioether (sulfide) groups is 1. The van der Waals surface area contributed by atoms with Gasteiger partial charge >= 0.3 is 5.97 Å².